The van der Waals surface area contributed by atoms with Crippen LogP contribution in [0.5, 0.6) is 0 Å². The molecule has 19 heteroatoms. The molecule has 0 rings (SSSR count). The summed E-state index contributed by atoms with van der Waals surface area (Å²) in [6.45, 7) is 9.55. The number of carbonyl (C=O) groups excluding carboxylic acids is 4. The Morgan fingerprint density at radius 1 is 0.305 bits per heavy atom. The largest absolute Gasteiger partial charge is 0.472 e. The summed E-state index contributed by atoms with van der Waals surface area (Å²) in [5.74, 6) is -0.617. The Kier molecular flexibility index (Phi) is 66.5. The van der Waals surface area contributed by atoms with Gasteiger partial charge in [0, 0.05) is 25.7 Å². The molecular weight excluding hydrogens is 1250 g/mol. The molecule has 3 unspecified atom stereocenters. The Labute approximate surface area is 581 Å². The Morgan fingerprint density at radius 2 is 0.537 bits per heavy atom. The maximum atomic E-state index is 13.1. The number of hydrogen-bond acceptors (Lipinski definition) is 15. The highest BCUT2D eigenvalue weighted by atomic mass is 31.2. The fraction of sp³-hybridized carbons (Fsp3) is 0.947. The molecule has 0 aliphatic heterocycles. The van der Waals surface area contributed by atoms with E-state index in [-0.39, 0.29) is 25.7 Å². The van der Waals surface area contributed by atoms with Gasteiger partial charge in [-0.05, 0) is 37.5 Å². The summed E-state index contributed by atoms with van der Waals surface area (Å²) in [6.07, 6.45) is 55.6. The summed E-state index contributed by atoms with van der Waals surface area (Å²) in [7, 11) is -9.91. The summed E-state index contributed by atoms with van der Waals surface area (Å²) >= 11 is 0. The van der Waals surface area contributed by atoms with E-state index in [4.69, 9.17) is 37.0 Å². The van der Waals surface area contributed by atoms with Crippen molar-refractivity contribution in [2.75, 3.05) is 39.6 Å². The Morgan fingerprint density at radius 3 is 0.800 bits per heavy atom. The van der Waals surface area contributed by atoms with Gasteiger partial charge < -0.3 is 33.8 Å². The predicted molar refractivity (Wildman–Crippen MR) is 386 cm³/mol. The van der Waals surface area contributed by atoms with Gasteiger partial charge in [0.1, 0.15) is 19.3 Å². The fourth-order valence-electron chi connectivity index (χ4n) is 11.6. The first-order valence-corrected chi connectivity index (χ1v) is 42.5. The molecule has 0 bridgehead atoms. The van der Waals surface area contributed by atoms with Crippen molar-refractivity contribution in [2.45, 2.75) is 413 Å². The molecule has 564 valence electrons. The van der Waals surface area contributed by atoms with Crippen molar-refractivity contribution in [3.8, 4) is 0 Å². The van der Waals surface area contributed by atoms with Crippen molar-refractivity contribution < 1.29 is 80.2 Å². The molecule has 0 aliphatic carbocycles. The number of unbranched alkanes of at least 4 members (excludes halogenated alkanes) is 44. The predicted octanol–water partition coefficient (Wildman–Crippen LogP) is 22.3. The van der Waals surface area contributed by atoms with Gasteiger partial charge in [-0.25, -0.2) is 9.13 Å². The van der Waals surface area contributed by atoms with E-state index < -0.39 is 97.5 Å². The number of aliphatic hydroxyl groups excluding tert-OH is 1. The molecule has 0 saturated carbocycles. The maximum absolute atomic E-state index is 13.1. The first-order valence-electron chi connectivity index (χ1n) is 39.5. The van der Waals surface area contributed by atoms with Crippen LogP contribution in [0.4, 0.5) is 0 Å². The molecular formula is C76H148O17P2. The van der Waals surface area contributed by atoms with Crippen molar-refractivity contribution >= 4 is 39.5 Å². The normalized spacial score (nSPS) is 14.3. The molecule has 17 nitrogen and oxygen atoms in total. The van der Waals surface area contributed by atoms with Crippen molar-refractivity contribution in [1.82, 2.24) is 0 Å². The van der Waals surface area contributed by atoms with E-state index in [2.05, 4.69) is 41.5 Å². The zero-order valence-corrected chi connectivity index (χ0v) is 63.8. The lowest BCUT2D eigenvalue weighted by molar-refractivity contribution is -0.161. The topological polar surface area (TPSA) is 237 Å². The van der Waals surface area contributed by atoms with E-state index in [0.717, 1.165) is 102 Å². The van der Waals surface area contributed by atoms with Gasteiger partial charge in [-0.1, -0.05) is 343 Å². The second kappa shape index (κ2) is 67.9. The van der Waals surface area contributed by atoms with Gasteiger partial charge in [-0.2, -0.15) is 0 Å². The van der Waals surface area contributed by atoms with Crippen molar-refractivity contribution in [2.24, 2.45) is 11.8 Å². The minimum absolute atomic E-state index is 0.103. The second-order valence-corrected chi connectivity index (χ2v) is 31.0. The highest BCUT2D eigenvalue weighted by molar-refractivity contribution is 7.47. The molecule has 95 heavy (non-hydrogen) atoms. The zero-order valence-electron chi connectivity index (χ0n) is 62.0. The number of aliphatic hydroxyl groups is 1. The number of phosphoric ester groups is 2. The number of carbonyl (C=O) groups is 4. The van der Waals surface area contributed by atoms with Crippen LogP contribution in [0, 0.1) is 11.8 Å². The SMILES string of the molecule is CCCCCCCCCCCCCCCCCCCCCCC(=O)O[C@H](COC(=O)CCCCCCCCCCCCCCC(C)C)COP(=O)(O)OC[C@@H](O)COP(=O)(O)OC[C@@H](COC(=O)CCCCCCCCCCCC)OC(=O)CCCCCCCCC(C)CC. The molecule has 0 radical (unpaired) electrons. The van der Waals surface area contributed by atoms with E-state index >= 15 is 0 Å². The quantitative estimate of drug-likeness (QED) is 0.0222. The van der Waals surface area contributed by atoms with Crippen LogP contribution in [0.25, 0.3) is 0 Å². The van der Waals surface area contributed by atoms with E-state index in [1.165, 1.54) is 212 Å². The monoisotopic (exact) mass is 1400 g/mol. The lowest BCUT2D eigenvalue weighted by Gasteiger charge is -2.21. The molecule has 0 amide bonds. The number of hydrogen-bond donors (Lipinski definition) is 3. The van der Waals surface area contributed by atoms with E-state index in [9.17, 15) is 43.2 Å². The highest BCUT2D eigenvalue weighted by Crippen LogP contribution is 2.45. The Balaban J connectivity index is 5.21. The van der Waals surface area contributed by atoms with Crippen LogP contribution in [-0.2, 0) is 65.4 Å². The number of rotatable bonds is 75. The van der Waals surface area contributed by atoms with Gasteiger partial charge >= 0.3 is 39.5 Å². The highest BCUT2D eigenvalue weighted by Gasteiger charge is 2.30. The molecule has 0 saturated heterocycles. The molecule has 0 spiro atoms. The van der Waals surface area contributed by atoms with Crippen molar-refractivity contribution in [1.29, 1.82) is 0 Å². The smallest absolute Gasteiger partial charge is 0.462 e. The second-order valence-electron chi connectivity index (χ2n) is 28.1. The first kappa shape index (κ1) is 93.1. The van der Waals surface area contributed by atoms with Gasteiger partial charge in [0.05, 0.1) is 26.4 Å². The van der Waals surface area contributed by atoms with Gasteiger partial charge in [-0.3, -0.25) is 37.3 Å². The van der Waals surface area contributed by atoms with Crippen LogP contribution in [0.2, 0.25) is 0 Å². The van der Waals surface area contributed by atoms with Crippen LogP contribution < -0.4 is 0 Å². The van der Waals surface area contributed by atoms with Gasteiger partial charge in [0.15, 0.2) is 12.2 Å². The lowest BCUT2D eigenvalue weighted by Crippen LogP contribution is -2.30. The van der Waals surface area contributed by atoms with Crippen LogP contribution in [-0.4, -0.2) is 96.7 Å². The van der Waals surface area contributed by atoms with Gasteiger partial charge in [0.25, 0.3) is 0 Å². The fourth-order valence-corrected chi connectivity index (χ4v) is 13.2. The van der Waals surface area contributed by atoms with Crippen LogP contribution >= 0.6 is 15.6 Å². The number of esters is 4. The summed E-state index contributed by atoms with van der Waals surface area (Å²) in [5.41, 5.74) is 0. The third-order valence-electron chi connectivity index (χ3n) is 18.1. The average molecular weight is 1400 g/mol. The van der Waals surface area contributed by atoms with Crippen LogP contribution in [0.1, 0.15) is 395 Å². The molecule has 0 aromatic heterocycles. The third-order valence-corrected chi connectivity index (χ3v) is 20.0. The summed E-state index contributed by atoms with van der Waals surface area (Å²) in [4.78, 5) is 72.7. The molecule has 0 aromatic carbocycles. The molecule has 6 atom stereocenters. The Hall–Kier alpha value is -1.94. The van der Waals surface area contributed by atoms with Crippen LogP contribution in [0.15, 0.2) is 0 Å². The van der Waals surface area contributed by atoms with E-state index in [0.29, 0.717) is 25.7 Å². The summed E-state index contributed by atoms with van der Waals surface area (Å²) < 4.78 is 68.5. The van der Waals surface area contributed by atoms with Crippen LogP contribution in [0.3, 0.4) is 0 Å². The minimum Gasteiger partial charge on any atom is -0.462 e. The first-order chi connectivity index (χ1) is 45.9. The number of ether oxygens (including phenoxy) is 4. The van der Waals surface area contributed by atoms with Gasteiger partial charge in [-0.15, -0.1) is 0 Å². The summed E-state index contributed by atoms with van der Waals surface area (Å²) in [6, 6.07) is 0. The molecule has 0 fully saturated rings. The average Bonchev–Trinajstić information content (AvgIpc) is 1.98. The molecule has 0 aromatic rings. The van der Waals surface area contributed by atoms with Crippen molar-refractivity contribution in [3.63, 3.8) is 0 Å². The molecule has 0 aliphatic rings. The van der Waals surface area contributed by atoms with E-state index in [1.807, 2.05) is 0 Å². The van der Waals surface area contributed by atoms with Gasteiger partial charge in [0.2, 0.25) is 0 Å². The molecule has 3 N–H and O–H groups in total. The summed E-state index contributed by atoms with van der Waals surface area (Å²) in [5, 5.41) is 10.6. The number of phosphoric acid groups is 2. The lowest BCUT2D eigenvalue weighted by atomic mass is 10.00. The minimum atomic E-state index is -4.96. The zero-order chi connectivity index (χ0) is 70.0. The van der Waals surface area contributed by atoms with Crippen molar-refractivity contribution in [3.05, 3.63) is 0 Å². The third kappa shape index (κ3) is 69.0. The maximum Gasteiger partial charge on any atom is 0.472 e. The standard InChI is InChI=1S/C76H148O17P2/c1-7-10-12-14-16-18-20-21-22-23-24-25-26-27-28-33-37-41-48-54-60-75(80)92-71(64-86-74(79)59-53-47-40-36-32-30-29-31-34-38-44-50-56-68(4)5)66-90-94(82,83)88-62-70(77)63-89-95(84,85)91-67-72(93-76(81)61-55-49-43-42-45-51-57-69(6)9-3)65-87-73(78)58-52-46-39-35-19-17-15-13-11-8-2/h68-72,77H,7-67H2,1-6H3,(H,82,83)(H,84,85)/t69?,70-,71-,72-/m1/s1. The van der Waals surface area contributed by atoms with E-state index in [1.54, 1.807) is 0 Å². The molecule has 0 heterocycles. The Bertz CT molecular complexity index is 1840.